The first-order valence-corrected chi connectivity index (χ1v) is 7.68. The molecule has 25 heavy (non-hydrogen) atoms. The molecule has 0 radical (unpaired) electrons. The Morgan fingerprint density at radius 2 is 1.72 bits per heavy atom. The first-order chi connectivity index (χ1) is 12.1. The Balaban J connectivity index is 1.86. The molecule has 0 unspecified atom stereocenters. The first kappa shape index (κ1) is 18.0. The van der Waals surface area contributed by atoms with Crippen LogP contribution in [0.1, 0.15) is 5.56 Å². The fourth-order valence-corrected chi connectivity index (χ4v) is 2.12. The number of rotatable bonds is 7. The standard InChI is InChI=1S/C19H18N2O4/c1-15-7-5-6-10-17(15)24-14-19(23)25-13-18(22)21(12-11-20)16-8-3-2-4-9-16/h2-10H,12-14H2,1H3. The molecule has 0 heterocycles. The first-order valence-electron chi connectivity index (χ1n) is 7.68. The second-order valence-electron chi connectivity index (χ2n) is 5.19. The summed E-state index contributed by atoms with van der Waals surface area (Å²) in [4.78, 5) is 25.2. The van der Waals surface area contributed by atoms with Gasteiger partial charge in [0.15, 0.2) is 13.2 Å². The number of hydrogen-bond acceptors (Lipinski definition) is 5. The van der Waals surface area contributed by atoms with E-state index in [1.165, 1.54) is 4.90 Å². The Kier molecular flexibility index (Phi) is 6.55. The van der Waals surface area contributed by atoms with E-state index < -0.39 is 18.5 Å². The Hall–Kier alpha value is -3.33. The van der Waals surface area contributed by atoms with E-state index in [9.17, 15) is 9.59 Å². The highest BCUT2D eigenvalue weighted by Gasteiger charge is 2.17. The molecule has 0 saturated heterocycles. The molecule has 0 bridgehead atoms. The van der Waals surface area contributed by atoms with Crippen LogP contribution in [0.25, 0.3) is 0 Å². The zero-order valence-electron chi connectivity index (χ0n) is 13.8. The molecule has 0 N–H and O–H groups in total. The van der Waals surface area contributed by atoms with Gasteiger partial charge in [0.05, 0.1) is 6.07 Å². The van der Waals surface area contributed by atoms with E-state index >= 15 is 0 Å². The molecule has 0 aliphatic heterocycles. The molecule has 2 aromatic carbocycles. The van der Waals surface area contributed by atoms with Crippen LogP contribution >= 0.6 is 0 Å². The van der Waals surface area contributed by atoms with Gasteiger partial charge in [0.1, 0.15) is 12.3 Å². The molecule has 2 rings (SSSR count). The number of amides is 1. The predicted molar refractivity (Wildman–Crippen MR) is 92.0 cm³/mol. The van der Waals surface area contributed by atoms with Gasteiger partial charge >= 0.3 is 5.97 Å². The van der Waals surface area contributed by atoms with Crippen LogP contribution in [0.3, 0.4) is 0 Å². The second-order valence-corrected chi connectivity index (χ2v) is 5.19. The number of carbonyl (C=O) groups is 2. The molecule has 0 fully saturated rings. The zero-order valence-corrected chi connectivity index (χ0v) is 13.8. The summed E-state index contributed by atoms with van der Waals surface area (Å²) in [5, 5.41) is 8.89. The van der Waals surface area contributed by atoms with E-state index in [4.69, 9.17) is 14.7 Å². The molecule has 6 nitrogen and oxygen atoms in total. The number of carbonyl (C=O) groups excluding carboxylic acids is 2. The summed E-state index contributed by atoms with van der Waals surface area (Å²) < 4.78 is 10.3. The SMILES string of the molecule is Cc1ccccc1OCC(=O)OCC(=O)N(CC#N)c1ccccc1. The third-order valence-electron chi connectivity index (χ3n) is 3.39. The van der Waals surface area contributed by atoms with E-state index in [1.807, 2.05) is 31.2 Å². The third-order valence-corrected chi connectivity index (χ3v) is 3.39. The van der Waals surface area contributed by atoms with Gasteiger partial charge < -0.3 is 9.47 Å². The summed E-state index contributed by atoms with van der Waals surface area (Å²) in [6.45, 7) is 0.998. The van der Waals surface area contributed by atoms with Crippen LogP contribution in [0.2, 0.25) is 0 Å². The normalized spacial score (nSPS) is 9.76. The van der Waals surface area contributed by atoms with Crippen molar-refractivity contribution in [3.05, 3.63) is 60.2 Å². The van der Waals surface area contributed by atoms with Crippen molar-refractivity contribution in [1.82, 2.24) is 0 Å². The van der Waals surface area contributed by atoms with Gasteiger partial charge in [-0.1, -0.05) is 36.4 Å². The monoisotopic (exact) mass is 338 g/mol. The molecule has 0 saturated carbocycles. The summed E-state index contributed by atoms with van der Waals surface area (Å²) >= 11 is 0. The van der Waals surface area contributed by atoms with Gasteiger partial charge in [-0.3, -0.25) is 9.69 Å². The van der Waals surface area contributed by atoms with E-state index in [0.717, 1.165) is 5.56 Å². The smallest absolute Gasteiger partial charge is 0.344 e. The highest BCUT2D eigenvalue weighted by molar-refractivity contribution is 5.95. The van der Waals surface area contributed by atoms with Crippen LogP contribution < -0.4 is 9.64 Å². The lowest BCUT2D eigenvalue weighted by Crippen LogP contribution is -2.35. The van der Waals surface area contributed by atoms with Gasteiger partial charge in [0.25, 0.3) is 5.91 Å². The van der Waals surface area contributed by atoms with E-state index in [-0.39, 0.29) is 13.2 Å². The average Bonchev–Trinajstić information content (AvgIpc) is 2.64. The number of para-hydroxylation sites is 2. The number of anilines is 1. The van der Waals surface area contributed by atoms with Gasteiger partial charge in [-0.25, -0.2) is 4.79 Å². The lowest BCUT2D eigenvalue weighted by molar-refractivity contribution is -0.149. The van der Waals surface area contributed by atoms with Gasteiger partial charge in [-0.05, 0) is 30.7 Å². The van der Waals surface area contributed by atoms with Gasteiger partial charge in [0.2, 0.25) is 0 Å². The molecular formula is C19H18N2O4. The van der Waals surface area contributed by atoms with Crippen molar-refractivity contribution in [2.24, 2.45) is 0 Å². The maximum atomic E-state index is 12.2. The lowest BCUT2D eigenvalue weighted by atomic mass is 10.2. The van der Waals surface area contributed by atoms with Gasteiger partial charge in [-0.15, -0.1) is 0 Å². The minimum atomic E-state index is -0.651. The molecular weight excluding hydrogens is 320 g/mol. The summed E-state index contributed by atoms with van der Waals surface area (Å²) in [6, 6.07) is 17.9. The maximum absolute atomic E-state index is 12.2. The number of nitriles is 1. The number of esters is 1. The Morgan fingerprint density at radius 3 is 2.40 bits per heavy atom. The van der Waals surface area contributed by atoms with Crippen LogP contribution in [-0.4, -0.2) is 31.6 Å². The number of aryl methyl sites for hydroxylation is 1. The molecule has 0 aliphatic carbocycles. The van der Waals surface area contributed by atoms with Crippen molar-refractivity contribution in [3.8, 4) is 11.8 Å². The van der Waals surface area contributed by atoms with E-state index in [0.29, 0.717) is 11.4 Å². The highest BCUT2D eigenvalue weighted by atomic mass is 16.6. The van der Waals surface area contributed by atoms with Crippen LogP contribution in [-0.2, 0) is 14.3 Å². The molecule has 0 aliphatic rings. The maximum Gasteiger partial charge on any atom is 0.344 e. The molecule has 128 valence electrons. The largest absolute Gasteiger partial charge is 0.482 e. The van der Waals surface area contributed by atoms with Gasteiger partial charge in [-0.2, -0.15) is 5.26 Å². The molecule has 0 aromatic heterocycles. The fraction of sp³-hybridized carbons (Fsp3) is 0.211. The number of hydrogen-bond donors (Lipinski definition) is 0. The fourth-order valence-electron chi connectivity index (χ4n) is 2.12. The summed E-state index contributed by atoms with van der Waals surface area (Å²) in [5.74, 6) is -0.542. The second kappa shape index (κ2) is 9.08. The molecule has 0 spiro atoms. The van der Waals surface area contributed by atoms with Crippen molar-refractivity contribution in [3.63, 3.8) is 0 Å². The number of nitrogens with zero attached hydrogens (tertiary/aromatic N) is 2. The van der Waals surface area contributed by atoms with Crippen LogP contribution in [0, 0.1) is 18.3 Å². The van der Waals surface area contributed by atoms with Crippen LogP contribution in [0.15, 0.2) is 54.6 Å². The van der Waals surface area contributed by atoms with Crippen molar-refractivity contribution in [1.29, 1.82) is 5.26 Å². The van der Waals surface area contributed by atoms with E-state index in [1.54, 1.807) is 36.4 Å². The molecule has 0 atom stereocenters. The third kappa shape index (κ3) is 5.36. The van der Waals surface area contributed by atoms with Crippen LogP contribution in [0.4, 0.5) is 5.69 Å². The highest BCUT2D eigenvalue weighted by Crippen LogP contribution is 2.16. The van der Waals surface area contributed by atoms with Crippen molar-refractivity contribution < 1.29 is 19.1 Å². The van der Waals surface area contributed by atoms with Crippen molar-refractivity contribution in [2.45, 2.75) is 6.92 Å². The lowest BCUT2D eigenvalue weighted by Gasteiger charge is -2.19. The van der Waals surface area contributed by atoms with Gasteiger partial charge in [0, 0.05) is 5.69 Å². The summed E-state index contributed by atoms with van der Waals surface area (Å²) in [5.41, 5.74) is 1.47. The quantitative estimate of drug-likeness (QED) is 0.572. The molecule has 2 aromatic rings. The minimum Gasteiger partial charge on any atom is -0.482 e. The average molecular weight is 338 g/mol. The Labute approximate surface area is 146 Å². The molecule has 6 heteroatoms. The summed E-state index contributed by atoms with van der Waals surface area (Å²) in [7, 11) is 0. The number of benzene rings is 2. The van der Waals surface area contributed by atoms with E-state index in [2.05, 4.69) is 0 Å². The zero-order chi connectivity index (χ0) is 18.1. The minimum absolute atomic E-state index is 0.125. The number of ether oxygens (including phenoxy) is 2. The molecule has 1 amide bonds. The Morgan fingerprint density at radius 1 is 1.04 bits per heavy atom. The van der Waals surface area contributed by atoms with Crippen LogP contribution in [0.5, 0.6) is 5.75 Å². The van der Waals surface area contributed by atoms with Crippen molar-refractivity contribution >= 4 is 17.6 Å². The predicted octanol–water partition coefficient (Wildman–Crippen LogP) is 2.47. The topological polar surface area (TPSA) is 79.6 Å². The Bertz CT molecular complexity index is 768. The summed E-state index contributed by atoms with van der Waals surface area (Å²) in [6.07, 6.45) is 0. The van der Waals surface area contributed by atoms with Crippen molar-refractivity contribution in [2.75, 3.05) is 24.7 Å².